The fraction of sp³-hybridized carbons (Fsp3) is 0.500. The van der Waals surface area contributed by atoms with E-state index in [-0.39, 0.29) is 5.41 Å². The maximum Gasteiger partial charge on any atom is 0.310 e. The molecular formula is C14H15ClO4. The van der Waals surface area contributed by atoms with Crippen LogP contribution in [-0.4, -0.2) is 24.3 Å². The lowest BCUT2D eigenvalue weighted by atomic mass is 10.0. The van der Waals surface area contributed by atoms with E-state index in [0.717, 1.165) is 12.8 Å². The summed E-state index contributed by atoms with van der Waals surface area (Å²) >= 11 is 6.14. The molecule has 0 bridgehead atoms. The number of benzene rings is 1. The molecule has 0 aromatic heterocycles. The molecule has 2 aliphatic rings. The van der Waals surface area contributed by atoms with Gasteiger partial charge in [-0.25, -0.2) is 0 Å². The largest absolute Gasteiger partial charge is 0.489 e. The van der Waals surface area contributed by atoms with E-state index < -0.39 is 11.9 Å². The first-order valence-corrected chi connectivity index (χ1v) is 6.70. The number of hydrogen-bond acceptors (Lipinski definition) is 3. The second kappa shape index (κ2) is 4.30. The van der Waals surface area contributed by atoms with Gasteiger partial charge in [-0.05, 0) is 31.4 Å². The van der Waals surface area contributed by atoms with Crippen molar-refractivity contribution < 1.29 is 19.4 Å². The number of ether oxygens (including phenoxy) is 2. The lowest BCUT2D eigenvalue weighted by molar-refractivity contribution is -0.138. The first-order chi connectivity index (χ1) is 9.01. The molecule has 0 saturated heterocycles. The second-order valence-electron chi connectivity index (χ2n) is 5.46. The van der Waals surface area contributed by atoms with Gasteiger partial charge in [0, 0.05) is 16.5 Å². The van der Waals surface area contributed by atoms with Crippen molar-refractivity contribution in [1.82, 2.24) is 0 Å². The van der Waals surface area contributed by atoms with Crippen molar-refractivity contribution in [2.75, 3.05) is 13.2 Å². The first-order valence-electron chi connectivity index (χ1n) is 6.33. The lowest BCUT2D eigenvalue weighted by Gasteiger charge is -2.13. The van der Waals surface area contributed by atoms with E-state index in [2.05, 4.69) is 0 Å². The molecule has 19 heavy (non-hydrogen) atoms. The third-order valence-electron chi connectivity index (χ3n) is 3.92. The van der Waals surface area contributed by atoms with Crippen molar-refractivity contribution in [3.8, 4) is 11.5 Å². The molecule has 1 aromatic carbocycles. The highest BCUT2D eigenvalue weighted by Gasteiger charge is 2.46. The molecule has 4 nitrogen and oxygen atoms in total. The standard InChI is InChI=1S/C14H15ClO4/c1-8(13(16)17)9-4-11-12(5-10(9)15)19-7-14(2-3-14)6-18-11/h4-5,8H,2-3,6-7H2,1H3,(H,16,17). The molecule has 1 aliphatic carbocycles. The van der Waals surface area contributed by atoms with E-state index >= 15 is 0 Å². The number of aliphatic carboxylic acids is 1. The third kappa shape index (κ3) is 2.25. The van der Waals surface area contributed by atoms with Crippen LogP contribution in [0, 0.1) is 5.41 Å². The van der Waals surface area contributed by atoms with E-state index in [1.54, 1.807) is 19.1 Å². The van der Waals surface area contributed by atoms with Gasteiger partial charge in [0.2, 0.25) is 0 Å². The van der Waals surface area contributed by atoms with Gasteiger partial charge in [-0.2, -0.15) is 0 Å². The number of hydrogen-bond donors (Lipinski definition) is 1. The van der Waals surface area contributed by atoms with E-state index in [0.29, 0.717) is 35.3 Å². The molecule has 1 heterocycles. The van der Waals surface area contributed by atoms with Gasteiger partial charge in [0.25, 0.3) is 0 Å². The van der Waals surface area contributed by atoms with Gasteiger partial charge in [0.15, 0.2) is 11.5 Å². The summed E-state index contributed by atoms with van der Waals surface area (Å²) in [4.78, 5) is 11.1. The van der Waals surface area contributed by atoms with E-state index in [1.807, 2.05) is 0 Å². The van der Waals surface area contributed by atoms with Crippen molar-refractivity contribution >= 4 is 17.6 Å². The second-order valence-corrected chi connectivity index (χ2v) is 5.86. The number of halogens is 1. The van der Waals surface area contributed by atoms with Crippen LogP contribution in [0.25, 0.3) is 0 Å². The van der Waals surface area contributed by atoms with Gasteiger partial charge in [-0.1, -0.05) is 11.6 Å². The zero-order chi connectivity index (χ0) is 13.6. The number of carboxylic acid groups (broad SMARTS) is 1. The van der Waals surface area contributed by atoms with E-state index in [1.165, 1.54) is 0 Å². The third-order valence-corrected chi connectivity index (χ3v) is 4.25. The molecule has 5 heteroatoms. The summed E-state index contributed by atoms with van der Waals surface area (Å²) in [6.07, 6.45) is 2.24. The van der Waals surface area contributed by atoms with Crippen LogP contribution in [-0.2, 0) is 4.79 Å². The Morgan fingerprint density at radius 2 is 1.89 bits per heavy atom. The Morgan fingerprint density at radius 3 is 2.42 bits per heavy atom. The van der Waals surface area contributed by atoms with Crippen LogP contribution in [0.3, 0.4) is 0 Å². The van der Waals surface area contributed by atoms with Crippen LogP contribution in [0.2, 0.25) is 5.02 Å². The summed E-state index contributed by atoms with van der Waals surface area (Å²) in [5.74, 6) is -0.374. The molecule has 0 amide bonds. The fourth-order valence-electron chi connectivity index (χ4n) is 2.21. The molecule has 1 saturated carbocycles. The van der Waals surface area contributed by atoms with Gasteiger partial charge in [0.05, 0.1) is 19.1 Å². The van der Waals surface area contributed by atoms with Crippen LogP contribution in [0.15, 0.2) is 12.1 Å². The summed E-state index contributed by atoms with van der Waals surface area (Å²) in [6.45, 7) is 2.88. The predicted molar refractivity (Wildman–Crippen MR) is 70.2 cm³/mol. The Kier molecular flexibility index (Phi) is 2.86. The van der Waals surface area contributed by atoms with Gasteiger partial charge in [-0.15, -0.1) is 0 Å². The minimum atomic E-state index is -0.907. The van der Waals surface area contributed by atoms with Crippen molar-refractivity contribution in [2.24, 2.45) is 5.41 Å². The zero-order valence-electron chi connectivity index (χ0n) is 10.6. The van der Waals surface area contributed by atoms with Gasteiger partial charge >= 0.3 is 5.97 Å². The summed E-state index contributed by atoms with van der Waals surface area (Å²) in [5.41, 5.74) is 0.715. The zero-order valence-corrected chi connectivity index (χ0v) is 11.4. The fourth-order valence-corrected chi connectivity index (χ4v) is 2.53. The van der Waals surface area contributed by atoms with Crippen LogP contribution in [0.4, 0.5) is 0 Å². The number of carbonyl (C=O) groups is 1. The molecule has 1 fully saturated rings. The topological polar surface area (TPSA) is 55.8 Å². The molecule has 1 aliphatic heterocycles. The average molecular weight is 283 g/mol. The Balaban J connectivity index is 1.94. The first kappa shape index (κ1) is 12.6. The quantitative estimate of drug-likeness (QED) is 0.906. The van der Waals surface area contributed by atoms with Gasteiger partial charge in [0.1, 0.15) is 0 Å². The van der Waals surface area contributed by atoms with Gasteiger partial charge < -0.3 is 14.6 Å². The van der Waals surface area contributed by atoms with Crippen molar-refractivity contribution in [3.63, 3.8) is 0 Å². The molecule has 0 radical (unpaired) electrons. The molecule has 3 rings (SSSR count). The predicted octanol–water partition coefficient (Wildman–Crippen LogP) is 3.08. The maximum atomic E-state index is 11.1. The smallest absolute Gasteiger partial charge is 0.310 e. The number of fused-ring (bicyclic) bond motifs is 1. The SMILES string of the molecule is CC(C(=O)O)c1cc2c(cc1Cl)OCC1(CC1)CO2. The summed E-state index contributed by atoms with van der Waals surface area (Å²) < 4.78 is 11.5. The highest BCUT2D eigenvalue weighted by molar-refractivity contribution is 6.31. The van der Waals surface area contributed by atoms with Crippen LogP contribution in [0.5, 0.6) is 11.5 Å². The highest BCUT2D eigenvalue weighted by Crippen LogP contribution is 2.49. The Bertz CT molecular complexity index is 536. The molecular weight excluding hydrogens is 268 g/mol. The van der Waals surface area contributed by atoms with Crippen molar-refractivity contribution in [1.29, 1.82) is 0 Å². The maximum absolute atomic E-state index is 11.1. The monoisotopic (exact) mass is 282 g/mol. The average Bonchev–Trinajstić information content (AvgIpc) is 3.16. The molecule has 1 aromatic rings. The number of rotatable bonds is 2. The Hall–Kier alpha value is -1.42. The molecule has 1 atom stereocenters. The summed E-state index contributed by atoms with van der Waals surface area (Å²) in [6, 6.07) is 3.35. The summed E-state index contributed by atoms with van der Waals surface area (Å²) in [5, 5.41) is 9.49. The van der Waals surface area contributed by atoms with E-state index in [9.17, 15) is 4.79 Å². The lowest BCUT2D eigenvalue weighted by Crippen LogP contribution is -2.17. The van der Waals surface area contributed by atoms with Crippen molar-refractivity contribution in [3.05, 3.63) is 22.7 Å². The molecule has 1 N–H and O–H groups in total. The van der Waals surface area contributed by atoms with Gasteiger partial charge in [-0.3, -0.25) is 4.79 Å². The number of carboxylic acids is 1. The van der Waals surface area contributed by atoms with E-state index in [4.69, 9.17) is 26.2 Å². The van der Waals surface area contributed by atoms with Crippen LogP contribution < -0.4 is 9.47 Å². The molecule has 102 valence electrons. The molecule has 1 spiro atoms. The van der Waals surface area contributed by atoms with Crippen molar-refractivity contribution in [2.45, 2.75) is 25.7 Å². The normalized spacial score (nSPS) is 20.7. The minimum Gasteiger partial charge on any atom is -0.489 e. The van der Waals surface area contributed by atoms with Crippen LogP contribution in [0.1, 0.15) is 31.2 Å². The summed E-state index contributed by atoms with van der Waals surface area (Å²) in [7, 11) is 0. The minimum absolute atomic E-state index is 0.157. The van der Waals surface area contributed by atoms with Crippen LogP contribution >= 0.6 is 11.6 Å². The Labute approximate surface area is 116 Å². The molecule has 1 unspecified atom stereocenters. The Morgan fingerprint density at radius 1 is 1.32 bits per heavy atom. The highest BCUT2D eigenvalue weighted by atomic mass is 35.5.